The topological polar surface area (TPSA) is 37.4 Å². The molecule has 1 fully saturated rings. The van der Waals surface area contributed by atoms with Crippen LogP contribution in [-0.2, 0) is 16.4 Å². The van der Waals surface area contributed by atoms with E-state index in [-0.39, 0.29) is 11.0 Å². The molecule has 1 aliphatic carbocycles. The first-order chi connectivity index (χ1) is 13.6. The Morgan fingerprint density at radius 1 is 1.03 bits per heavy atom. The Kier molecular flexibility index (Phi) is 5.15. The van der Waals surface area contributed by atoms with Gasteiger partial charge in [-0.25, -0.2) is 8.42 Å². The first-order valence-electron chi connectivity index (χ1n) is 10.8. The molecule has 4 rings (SSSR count). The zero-order valence-corrected chi connectivity index (χ0v) is 18.9. The zero-order chi connectivity index (χ0) is 20.9. The Labute approximate surface area is 176 Å². The van der Waals surface area contributed by atoms with E-state index in [0.29, 0.717) is 17.4 Å². The molecule has 0 N–H and O–H groups in total. The van der Waals surface area contributed by atoms with Gasteiger partial charge in [-0.3, -0.25) is 0 Å². The van der Waals surface area contributed by atoms with E-state index in [2.05, 4.69) is 45.0 Å². The van der Waals surface area contributed by atoms with E-state index in [1.807, 2.05) is 23.4 Å². The second-order valence-corrected chi connectivity index (χ2v) is 12.0. The van der Waals surface area contributed by atoms with Gasteiger partial charge in [-0.15, -0.1) is 0 Å². The molecule has 156 valence electrons. The number of hydrogen-bond acceptors (Lipinski definition) is 2. The molecule has 0 radical (unpaired) electrons. The normalized spacial score (nSPS) is 27.0. The first-order valence-corrected chi connectivity index (χ1v) is 12.2. The number of benzene rings is 2. The second-order valence-electron chi connectivity index (χ2n) is 10.2. The maximum atomic E-state index is 13.7. The third-order valence-corrected chi connectivity index (χ3v) is 8.84. The lowest BCUT2D eigenvalue weighted by atomic mass is 9.74. The fourth-order valence-electron chi connectivity index (χ4n) is 5.74. The highest BCUT2D eigenvalue weighted by atomic mass is 32.2. The van der Waals surface area contributed by atoms with Crippen molar-refractivity contribution < 1.29 is 8.42 Å². The van der Waals surface area contributed by atoms with Gasteiger partial charge in [-0.1, -0.05) is 55.8 Å². The summed E-state index contributed by atoms with van der Waals surface area (Å²) >= 11 is 0. The highest BCUT2D eigenvalue weighted by Gasteiger charge is 2.52. The lowest BCUT2D eigenvalue weighted by Gasteiger charge is -2.39. The van der Waals surface area contributed by atoms with E-state index >= 15 is 0 Å². The van der Waals surface area contributed by atoms with Crippen molar-refractivity contribution in [3.8, 4) is 0 Å². The Morgan fingerprint density at radius 3 is 2.45 bits per heavy atom. The molecule has 0 bridgehead atoms. The van der Waals surface area contributed by atoms with Crippen LogP contribution in [-0.4, -0.2) is 24.8 Å². The number of fused-ring (bicyclic) bond motifs is 1. The van der Waals surface area contributed by atoms with Gasteiger partial charge in [-0.05, 0) is 80.5 Å². The summed E-state index contributed by atoms with van der Waals surface area (Å²) in [5, 5.41) is 0. The van der Waals surface area contributed by atoms with Crippen LogP contribution in [0.15, 0.2) is 53.4 Å². The van der Waals surface area contributed by atoms with Gasteiger partial charge in [-0.2, -0.15) is 4.31 Å². The molecule has 2 aliphatic rings. The molecule has 1 heterocycles. The third kappa shape index (κ3) is 3.89. The van der Waals surface area contributed by atoms with Gasteiger partial charge in [0.25, 0.3) is 0 Å². The minimum atomic E-state index is -3.53. The van der Waals surface area contributed by atoms with Crippen LogP contribution in [0.3, 0.4) is 0 Å². The molecular weight excluding hydrogens is 378 g/mol. The number of aryl methyl sites for hydroxylation is 2. The summed E-state index contributed by atoms with van der Waals surface area (Å²) in [5.74, 6) is 0.426. The van der Waals surface area contributed by atoms with Gasteiger partial charge in [0.1, 0.15) is 0 Å². The molecule has 0 spiro atoms. The van der Waals surface area contributed by atoms with Crippen LogP contribution in [0.1, 0.15) is 69.1 Å². The van der Waals surface area contributed by atoms with Crippen molar-refractivity contribution >= 4 is 10.0 Å². The fourth-order valence-corrected chi connectivity index (χ4v) is 7.71. The molecule has 29 heavy (non-hydrogen) atoms. The van der Waals surface area contributed by atoms with Crippen LogP contribution in [0.25, 0.3) is 0 Å². The van der Waals surface area contributed by atoms with Gasteiger partial charge in [0.2, 0.25) is 10.0 Å². The molecule has 0 amide bonds. The third-order valence-electron chi connectivity index (χ3n) is 6.82. The average Bonchev–Trinajstić information content (AvgIpc) is 2.92. The van der Waals surface area contributed by atoms with E-state index in [9.17, 15) is 8.42 Å². The standard InChI is InChI=1S/C25H33NO2S/c1-19-12-14-22(15-13-19)29(27,28)26-18-24(2,3)17-25(26,4)16-21-10-7-9-20-8-5-6-11-23(20)21/h5-6,8,11-15,21H,7,9-10,16-18H2,1-4H3/t21?,25-/m0/s1. The van der Waals surface area contributed by atoms with Gasteiger partial charge in [0.05, 0.1) is 4.90 Å². The summed E-state index contributed by atoms with van der Waals surface area (Å²) in [5.41, 5.74) is 3.55. The van der Waals surface area contributed by atoms with Crippen LogP contribution in [0.2, 0.25) is 0 Å². The smallest absolute Gasteiger partial charge is 0.207 e. The molecule has 4 heteroatoms. The monoisotopic (exact) mass is 411 g/mol. The molecule has 2 aromatic carbocycles. The van der Waals surface area contributed by atoms with Crippen molar-refractivity contribution in [2.45, 2.75) is 76.2 Å². The summed E-state index contributed by atoms with van der Waals surface area (Å²) < 4.78 is 29.1. The van der Waals surface area contributed by atoms with Crippen molar-refractivity contribution in [3.05, 3.63) is 65.2 Å². The minimum absolute atomic E-state index is 0.0271. The van der Waals surface area contributed by atoms with Crippen LogP contribution < -0.4 is 0 Å². The van der Waals surface area contributed by atoms with Gasteiger partial charge in [0.15, 0.2) is 0 Å². The van der Waals surface area contributed by atoms with Gasteiger partial charge in [0, 0.05) is 12.1 Å². The molecular formula is C25H33NO2S. The van der Waals surface area contributed by atoms with Crippen molar-refractivity contribution in [1.29, 1.82) is 0 Å². The lowest BCUT2D eigenvalue weighted by molar-refractivity contribution is 0.223. The molecule has 1 saturated heterocycles. The summed E-state index contributed by atoms with van der Waals surface area (Å²) in [6, 6.07) is 16.0. The van der Waals surface area contributed by atoms with Gasteiger partial charge >= 0.3 is 0 Å². The molecule has 1 aliphatic heterocycles. The number of nitrogens with zero attached hydrogens (tertiary/aromatic N) is 1. The fraction of sp³-hybridized carbons (Fsp3) is 0.520. The van der Waals surface area contributed by atoms with Crippen molar-refractivity contribution in [2.24, 2.45) is 5.41 Å². The Hall–Kier alpha value is -1.65. The van der Waals surface area contributed by atoms with Crippen molar-refractivity contribution in [3.63, 3.8) is 0 Å². The summed E-state index contributed by atoms with van der Waals surface area (Å²) in [4.78, 5) is 0.413. The predicted octanol–water partition coefficient (Wildman–Crippen LogP) is 5.68. The molecule has 1 unspecified atom stereocenters. The first kappa shape index (κ1) is 20.6. The van der Waals surface area contributed by atoms with E-state index < -0.39 is 10.0 Å². The van der Waals surface area contributed by atoms with Crippen LogP contribution >= 0.6 is 0 Å². The van der Waals surface area contributed by atoms with E-state index in [0.717, 1.165) is 31.2 Å². The largest absolute Gasteiger partial charge is 0.243 e. The summed E-state index contributed by atoms with van der Waals surface area (Å²) in [6.07, 6.45) is 5.25. The highest BCUT2D eigenvalue weighted by Crippen LogP contribution is 2.50. The predicted molar refractivity (Wildman–Crippen MR) is 119 cm³/mol. The minimum Gasteiger partial charge on any atom is -0.207 e. The van der Waals surface area contributed by atoms with Crippen LogP contribution in [0, 0.1) is 12.3 Å². The van der Waals surface area contributed by atoms with Crippen LogP contribution in [0.5, 0.6) is 0 Å². The highest BCUT2D eigenvalue weighted by molar-refractivity contribution is 7.89. The average molecular weight is 412 g/mol. The zero-order valence-electron chi connectivity index (χ0n) is 18.1. The summed E-state index contributed by atoms with van der Waals surface area (Å²) in [6.45, 7) is 9.13. The number of rotatable bonds is 4. The van der Waals surface area contributed by atoms with E-state index in [1.165, 1.54) is 17.5 Å². The van der Waals surface area contributed by atoms with E-state index in [1.54, 1.807) is 12.1 Å². The number of sulfonamides is 1. The Morgan fingerprint density at radius 2 is 1.72 bits per heavy atom. The maximum Gasteiger partial charge on any atom is 0.243 e. The lowest BCUT2D eigenvalue weighted by Crippen LogP contribution is -2.46. The SMILES string of the molecule is Cc1ccc(S(=O)(=O)N2CC(C)(C)C[C@]2(C)CC2CCCc3ccccc32)cc1. The van der Waals surface area contributed by atoms with Crippen molar-refractivity contribution in [2.75, 3.05) is 6.54 Å². The molecule has 2 atom stereocenters. The van der Waals surface area contributed by atoms with Crippen molar-refractivity contribution in [1.82, 2.24) is 4.31 Å². The Bertz CT molecular complexity index is 994. The van der Waals surface area contributed by atoms with Crippen LogP contribution in [0.4, 0.5) is 0 Å². The molecule has 2 aromatic rings. The quantitative estimate of drug-likeness (QED) is 0.649. The summed E-state index contributed by atoms with van der Waals surface area (Å²) in [7, 11) is -3.53. The Balaban J connectivity index is 1.70. The number of hydrogen-bond donors (Lipinski definition) is 0. The van der Waals surface area contributed by atoms with Gasteiger partial charge < -0.3 is 0 Å². The maximum absolute atomic E-state index is 13.7. The molecule has 3 nitrogen and oxygen atoms in total. The second kappa shape index (κ2) is 7.24. The molecule has 0 aromatic heterocycles. The van der Waals surface area contributed by atoms with E-state index in [4.69, 9.17) is 0 Å². The molecule has 0 saturated carbocycles.